The Bertz CT molecular complexity index is 1170. The first-order valence-electron chi connectivity index (χ1n) is 10.8. The molecule has 0 bridgehead atoms. The van der Waals surface area contributed by atoms with E-state index < -0.39 is 0 Å². The van der Waals surface area contributed by atoms with Crippen LogP contribution in [0.25, 0.3) is 11.4 Å². The Morgan fingerprint density at radius 1 is 1.06 bits per heavy atom. The largest absolute Gasteiger partial charge is 0.340 e. The number of anilines is 1. The number of hydrogen-bond donors (Lipinski definition) is 0. The minimum Gasteiger partial charge on any atom is -0.340 e. The Morgan fingerprint density at radius 3 is 2.87 bits per heavy atom. The maximum Gasteiger partial charge on any atom is 0.231 e. The minimum atomic E-state index is -0.312. The second-order valence-electron chi connectivity index (χ2n) is 8.70. The molecule has 1 spiro atoms. The van der Waals surface area contributed by atoms with Gasteiger partial charge in [0.05, 0.1) is 5.41 Å². The molecule has 156 valence electrons. The standard InChI is InChI=1S/C24H24N6O/c31-22-24(8-12-28(22)15-19-6-5-18-3-1-2-4-20(18)19)9-13-29(16-24)23-26-10-7-21(27-23)30-14-11-25-17-30/h1-4,6-7,10-11,14,17H,5,8-9,12-13,15-16H2. The average molecular weight is 412 g/mol. The third-order valence-corrected chi connectivity index (χ3v) is 6.93. The summed E-state index contributed by atoms with van der Waals surface area (Å²) in [4.78, 5) is 31.0. The van der Waals surface area contributed by atoms with Gasteiger partial charge in [-0.05, 0) is 42.0 Å². The minimum absolute atomic E-state index is 0.283. The molecule has 7 heteroatoms. The van der Waals surface area contributed by atoms with Crippen LogP contribution in [0.1, 0.15) is 24.0 Å². The van der Waals surface area contributed by atoms with Crippen LogP contribution in [0.3, 0.4) is 0 Å². The van der Waals surface area contributed by atoms with E-state index in [-0.39, 0.29) is 11.3 Å². The number of rotatable bonds is 4. The van der Waals surface area contributed by atoms with Crippen LogP contribution < -0.4 is 4.90 Å². The summed E-state index contributed by atoms with van der Waals surface area (Å²) in [6, 6.07) is 10.4. The van der Waals surface area contributed by atoms with E-state index in [0.29, 0.717) is 19.0 Å². The number of amides is 1. The van der Waals surface area contributed by atoms with Crippen LogP contribution in [-0.2, 0) is 11.2 Å². The van der Waals surface area contributed by atoms with Crippen molar-refractivity contribution in [3.63, 3.8) is 0 Å². The highest BCUT2D eigenvalue weighted by Crippen LogP contribution is 2.42. The molecular weight excluding hydrogens is 388 g/mol. The summed E-state index contributed by atoms with van der Waals surface area (Å²) in [5.74, 6) is 1.75. The van der Waals surface area contributed by atoms with Crippen molar-refractivity contribution in [3.05, 3.63) is 72.5 Å². The highest BCUT2D eigenvalue weighted by Gasteiger charge is 2.51. The Balaban J connectivity index is 1.18. The third kappa shape index (κ3) is 3.03. The molecule has 0 saturated carbocycles. The van der Waals surface area contributed by atoms with Gasteiger partial charge in [-0.3, -0.25) is 9.36 Å². The maximum absolute atomic E-state index is 13.5. The van der Waals surface area contributed by atoms with Crippen molar-refractivity contribution in [3.8, 4) is 5.82 Å². The van der Waals surface area contributed by atoms with E-state index in [4.69, 9.17) is 4.98 Å². The summed E-state index contributed by atoms with van der Waals surface area (Å²) in [6.07, 6.45) is 12.1. The van der Waals surface area contributed by atoms with E-state index in [0.717, 1.165) is 38.2 Å². The summed E-state index contributed by atoms with van der Waals surface area (Å²) in [7, 11) is 0. The number of likely N-dealkylation sites (tertiary alicyclic amines) is 1. The monoisotopic (exact) mass is 412 g/mol. The topological polar surface area (TPSA) is 67.2 Å². The van der Waals surface area contributed by atoms with Gasteiger partial charge in [-0.15, -0.1) is 0 Å². The second-order valence-corrected chi connectivity index (χ2v) is 8.70. The number of benzene rings is 1. The van der Waals surface area contributed by atoms with E-state index in [1.807, 2.05) is 16.8 Å². The van der Waals surface area contributed by atoms with E-state index in [1.54, 1.807) is 18.7 Å². The molecule has 1 unspecified atom stereocenters. The van der Waals surface area contributed by atoms with Gasteiger partial charge in [0, 0.05) is 44.8 Å². The molecule has 3 aromatic rings. The number of hydrogen-bond acceptors (Lipinski definition) is 5. The van der Waals surface area contributed by atoms with Gasteiger partial charge in [0.25, 0.3) is 0 Å². The summed E-state index contributed by atoms with van der Waals surface area (Å²) < 4.78 is 1.87. The molecule has 31 heavy (non-hydrogen) atoms. The van der Waals surface area contributed by atoms with Crippen LogP contribution in [-0.4, -0.2) is 56.5 Å². The third-order valence-electron chi connectivity index (χ3n) is 6.93. The van der Waals surface area contributed by atoms with Gasteiger partial charge in [0.1, 0.15) is 12.1 Å². The summed E-state index contributed by atoms with van der Waals surface area (Å²) in [6.45, 7) is 3.02. The Hall–Kier alpha value is -3.48. The molecule has 6 rings (SSSR count). The van der Waals surface area contributed by atoms with Crippen LogP contribution >= 0.6 is 0 Å². The Labute approximate surface area is 181 Å². The molecule has 2 aliphatic heterocycles. The molecular formula is C24H24N6O. The van der Waals surface area contributed by atoms with Crippen LogP contribution in [0.5, 0.6) is 0 Å². The summed E-state index contributed by atoms with van der Waals surface area (Å²) in [5.41, 5.74) is 3.63. The van der Waals surface area contributed by atoms with Crippen molar-refractivity contribution in [1.29, 1.82) is 0 Å². The van der Waals surface area contributed by atoms with Gasteiger partial charge in [-0.25, -0.2) is 9.97 Å². The fourth-order valence-electron chi connectivity index (χ4n) is 5.21. The normalized spacial score (nSPS) is 22.5. The van der Waals surface area contributed by atoms with Gasteiger partial charge in [0.15, 0.2) is 0 Å². The number of imidazole rings is 1. The van der Waals surface area contributed by atoms with E-state index in [2.05, 4.69) is 50.1 Å². The lowest BCUT2D eigenvalue weighted by Crippen LogP contribution is -2.37. The summed E-state index contributed by atoms with van der Waals surface area (Å²) in [5, 5.41) is 0. The highest BCUT2D eigenvalue weighted by molar-refractivity contribution is 5.88. The Morgan fingerprint density at radius 2 is 1.97 bits per heavy atom. The molecule has 1 aliphatic carbocycles. The van der Waals surface area contributed by atoms with Gasteiger partial charge >= 0.3 is 0 Å². The number of nitrogens with zero attached hydrogens (tertiary/aromatic N) is 6. The van der Waals surface area contributed by atoms with Crippen molar-refractivity contribution in [1.82, 2.24) is 24.4 Å². The predicted molar refractivity (Wildman–Crippen MR) is 118 cm³/mol. The zero-order chi connectivity index (χ0) is 20.8. The molecule has 7 nitrogen and oxygen atoms in total. The van der Waals surface area contributed by atoms with E-state index >= 15 is 0 Å². The first kappa shape index (κ1) is 18.3. The smallest absolute Gasteiger partial charge is 0.231 e. The zero-order valence-corrected chi connectivity index (χ0v) is 17.3. The van der Waals surface area contributed by atoms with Gasteiger partial charge < -0.3 is 9.80 Å². The molecule has 1 atom stereocenters. The van der Waals surface area contributed by atoms with Crippen molar-refractivity contribution in [2.75, 3.05) is 31.1 Å². The predicted octanol–water partition coefficient (Wildman–Crippen LogP) is 2.73. The van der Waals surface area contributed by atoms with E-state index in [1.165, 1.54) is 16.7 Å². The molecule has 2 aromatic heterocycles. The molecule has 4 heterocycles. The lowest BCUT2D eigenvalue weighted by Gasteiger charge is -2.24. The Kier molecular flexibility index (Phi) is 4.16. The lowest BCUT2D eigenvalue weighted by molar-refractivity contribution is -0.134. The highest BCUT2D eigenvalue weighted by atomic mass is 16.2. The first-order chi connectivity index (χ1) is 15.2. The first-order valence-corrected chi connectivity index (χ1v) is 10.8. The van der Waals surface area contributed by atoms with Crippen molar-refractivity contribution in [2.45, 2.75) is 19.3 Å². The van der Waals surface area contributed by atoms with E-state index in [9.17, 15) is 4.79 Å². The van der Waals surface area contributed by atoms with Crippen molar-refractivity contribution in [2.24, 2.45) is 5.41 Å². The number of allylic oxidation sites excluding steroid dienone is 1. The number of carbonyl (C=O) groups excluding carboxylic acids is 1. The number of aromatic nitrogens is 4. The summed E-state index contributed by atoms with van der Waals surface area (Å²) >= 11 is 0. The molecule has 2 fully saturated rings. The SMILES string of the molecule is O=C1N(CC2=CCc3ccccc32)CCC12CCN(c1nccc(-n3ccnc3)n1)C2. The van der Waals surface area contributed by atoms with Crippen LogP contribution in [0.15, 0.2) is 61.3 Å². The maximum atomic E-state index is 13.5. The quantitative estimate of drug-likeness (QED) is 0.659. The fourth-order valence-corrected chi connectivity index (χ4v) is 5.21. The molecule has 3 aliphatic rings. The number of fused-ring (bicyclic) bond motifs is 1. The molecule has 0 radical (unpaired) electrons. The van der Waals surface area contributed by atoms with Gasteiger partial charge in [-0.1, -0.05) is 30.3 Å². The van der Waals surface area contributed by atoms with Gasteiger partial charge in [0.2, 0.25) is 11.9 Å². The molecule has 1 amide bonds. The number of carbonyl (C=O) groups is 1. The van der Waals surface area contributed by atoms with Crippen LogP contribution in [0.4, 0.5) is 5.95 Å². The van der Waals surface area contributed by atoms with Crippen LogP contribution in [0, 0.1) is 5.41 Å². The second kappa shape index (κ2) is 7.04. The van der Waals surface area contributed by atoms with Crippen LogP contribution in [0.2, 0.25) is 0 Å². The zero-order valence-electron chi connectivity index (χ0n) is 17.3. The fraction of sp³-hybridized carbons (Fsp3) is 0.333. The average Bonchev–Trinajstić information content (AvgIpc) is 3.60. The molecule has 2 saturated heterocycles. The molecule has 1 aromatic carbocycles. The van der Waals surface area contributed by atoms with Crippen molar-refractivity contribution < 1.29 is 4.79 Å². The van der Waals surface area contributed by atoms with Gasteiger partial charge in [-0.2, -0.15) is 4.98 Å². The van der Waals surface area contributed by atoms with Crippen molar-refractivity contribution >= 4 is 17.4 Å². The molecule has 0 N–H and O–H groups in total. The lowest BCUT2D eigenvalue weighted by atomic mass is 9.85.